The molecule has 1 heterocycles. The van der Waals surface area contributed by atoms with E-state index >= 15 is 0 Å². The van der Waals surface area contributed by atoms with Crippen LogP contribution in [0.5, 0.6) is 0 Å². The number of aromatic nitrogens is 2. The number of hydrogen-bond acceptors (Lipinski definition) is 6. The van der Waals surface area contributed by atoms with Gasteiger partial charge in [-0.3, -0.25) is 25.2 Å². The Morgan fingerprint density at radius 3 is 2.35 bits per heavy atom. The van der Waals surface area contributed by atoms with E-state index in [9.17, 15) is 22.8 Å². The zero-order valence-corrected chi connectivity index (χ0v) is 20.3. The van der Waals surface area contributed by atoms with Gasteiger partial charge in [-0.15, -0.1) is 0 Å². The fourth-order valence-electron chi connectivity index (χ4n) is 3.33. The third-order valence-electron chi connectivity index (χ3n) is 5.39. The summed E-state index contributed by atoms with van der Waals surface area (Å²) in [6.45, 7) is 5.37. The smallest absolute Gasteiger partial charge is 0.272 e. The Morgan fingerprint density at radius 2 is 1.71 bits per heavy atom. The average Bonchev–Trinajstić information content (AvgIpc) is 2.81. The molecule has 0 spiro atoms. The van der Waals surface area contributed by atoms with E-state index in [1.165, 1.54) is 17.8 Å². The highest BCUT2D eigenvalue weighted by Crippen LogP contribution is 2.18. The van der Waals surface area contributed by atoms with E-state index in [0.717, 1.165) is 15.4 Å². The van der Waals surface area contributed by atoms with Gasteiger partial charge in [0.25, 0.3) is 17.4 Å². The number of hydrogen-bond donors (Lipinski definition) is 2. The maximum atomic E-state index is 12.8. The van der Waals surface area contributed by atoms with Crippen LogP contribution in [0.3, 0.4) is 0 Å². The van der Waals surface area contributed by atoms with Crippen LogP contribution in [-0.4, -0.2) is 47.9 Å². The number of aryl methyl sites for hydroxylation is 3. The molecule has 180 valence electrons. The number of rotatable bonds is 7. The van der Waals surface area contributed by atoms with Gasteiger partial charge in [0.15, 0.2) is 5.69 Å². The molecule has 0 saturated heterocycles. The number of likely N-dealkylation sites (N-methyl/N-ethyl adjacent to an activating group) is 1. The molecule has 0 aliphatic carbocycles. The molecule has 34 heavy (non-hydrogen) atoms. The summed E-state index contributed by atoms with van der Waals surface area (Å²) in [5.74, 6) is -1.47. The largest absolute Gasteiger partial charge is 0.290 e. The molecular formula is C23H27N5O5S. The minimum absolute atomic E-state index is 0.0277. The van der Waals surface area contributed by atoms with E-state index in [0.29, 0.717) is 23.7 Å². The summed E-state index contributed by atoms with van der Waals surface area (Å²) in [4.78, 5) is 37.8. The first kappa shape index (κ1) is 25.1. The molecule has 0 aliphatic rings. The maximum absolute atomic E-state index is 12.8. The highest BCUT2D eigenvalue weighted by molar-refractivity contribution is 7.89. The molecule has 2 N–H and O–H groups in total. The van der Waals surface area contributed by atoms with Gasteiger partial charge in [-0.1, -0.05) is 31.2 Å². The van der Waals surface area contributed by atoms with E-state index < -0.39 is 28.4 Å². The quantitative estimate of drug-likeness (QED) is 0.488. The van der Waals surface area contributed by atoms with Crippen molar-refractivity contribution in [1.82, 2.24) is 24.9 Å². The average molecular weight is 486 g/mol. The molecule has 0 radical (unpaired) electrons. The zero-order chi connectivity index (χ0) is 25.0. The SMILES string of the molecule is CCCn1nc(C(=O)NNC(=O)CN(C)S(=O)(=O)c2ccc(C)c(C)c2)c2ccccc2c1=O. The lowest BCUT2D eigenvalue weighted by molar-refractivity contribution is -0.121. The van der Waals surface area contributed by atoms with Crippen LogP contribution in [0.4, 0.5) is 0 Å². The second-order valence-corrected chi connectivity index (χ2v) is 9.98. The summed E-state index contributed by atoms with van der Waals surface area (Å²) in [5.41, 5.74) is 5.90. The lowest BCUT2D eigenvalue weighted by atomic mass is 10.1. The number of nitrogens with one attached hydrogen (secondary N) is 2. The lowest BCUT2D eigenvalue weighted by Crippen LogP contribution is -2.47. The number of amides is 2. The molecule has 3 aromatic rings. The molecule has 0 fully saturated rings. The lowest BCUT2D eigenvalue weighted by Gasteiger charge is -2.18. The van der Waals surface area contributed by atoms with Crippen molar-refractivity contribution in [3.63, 3.8) is 0 Å². The molecule has 0 bridgehead atoms. The summed E-state index contributed by atoms with van der Waals surface area (Å²) in [5, 5.41) is 4.84. The standard InChI is InChI=1S/C23H27N5O5S/c1-5-12-28-23(31)19-9-7-6-8-18(19)21(26-28)22(30)25-24-20(29)14-27(4)34(32,33)17-11-10-15(2)16(3)13-17/h6-11,13H,5,12,14H2,1-4H3,(H,24,29)(H,25,30). The Labute approximate surface area is 197 Å². The van der Waals surface area contributed by atoms with Crippen molar-refractivity contribution in [1.29, 1.82) is 0 Å². The number of hydrazine groups is 1. The molecule has 11 heteroatoms. The molecule has 10 nitrogen and oxygen atoms in total. The maximum Gasteiger partial charge on any atom is 0.290 e. The van der Waals surface area contributed by atoms with Gasteiger partial charge in [0, 0.05) is 19.0 Å². The van der Waals surface area contributed by atoms with Crippen LogP contribution in [-0.2, 0) is 21.4 Å². The number of carbonyl (C=O) groups is 2. The van der Waals surface area contributed by atoms with Crippen LogP contribution in [0.1, 0.15) is 35.0 Å². The molecule has 0 atom stereocenters. The Morgan fingerprint density at radius 1 is 1.03 bits per heavy atom. The van der Waals surface area contributed by atoms with Gasteiger partial charge in [0.2, 0.25) is 10.0 Å². The highest BCUT2D eigenvalue weighted by atomic mass is 32.2. The number of benzene rings is 2. The summed E-state index contributed by atoms with van der Waals surface area (Å²) in [7, 11) is -2.62. The molecule has 0 saturated carbocycles. The fourth-order valence-corrected chi connectivity index (χ4v) is 4.55. The van der Waals surface area contributed by atoms with Crippen LogP contribution >= 0.6 is 0 Å². The monoisotopic (exact) mass is 485 g/mol. The molecule has 0 unspecified atom stereocenters. The van der Waals surface area contributed by atoms with Gasteiger partial charge in [-0.05, 0) is 49.6 Å². The number of sulfonamides is 1. The molecule has 2 aromatic carbocycles. The van der Waals surface area contributed by atoms with Gasteiger partial charge in [-0.25, -0.2) is 13.1 Å². The summed E-state index contributed by atoms with van der Waals surface area (Å²) in [6, 6.07) is 11.3. The van der Waals surface area contributed by atoms with Crippen LogP contribution in [0.15, 0.2) is 52.2 Å². The Kier molecular flexibility index (Phi) is 7.48. The van der Waals surface area contributed by atoms with E-state index in [1.807, 2.05) is 13.8 Å². The minimum atomic E-state index is -3.90. The van der Waals surface area contributed by atoms with Crippen LogP contribution in [0.2, 0.25) is 0 Å². The first-order valence-corrected chi connectivity index (χ1v) is 12.1. The second-order valence-electron chi connectivity index (χ2n) is 7.93. The first-order chi connectivity index (χ1) is 16.1. The van der Waals surface area contributed by atoms with Crippen molar-refractivity contribution in [3.8, 4) is 0 Å². The highest BCUT2D eigenvalue weighted by Gasteiger charge is 2.24. The summed E-state index contributed by atoms with van der Waals surface area (Å²) >= 11 is 0. The van der Waals surface area contributed by atoms with Gasteiger partial charge in [-0.2, -0.15) is 9.40 Å². The third kappa shape index (κ3) is 5.15. The summed E-state index contributed by atoms with van der Waals surface area (Å²) < 4.78 is 27.7. The zero-order valence-electron chi connectivity index (χ0n) is 19.5. The van der Waals surface area contributed by atoms with Crippen LogP contribution in [0.25, 0.3) is 10.8 Å². The number of fused-ring (bicyclic) bond motifs is 1. The van der Waals surface area contributed by atoms with Crippen molar-refractivity contribution >= 4 is 32.6 Å². The van der Waals surface area contributed by atoms with E-state index in [-0.39, 0.29) is 16.1 Å². The Bertz CT molecular complexity index is 1420. The van der Waals surface area contributed by atoms with Crippen LogP contribution in [0, 0.1) is 13.8 Å². The van der Waals surface area contributed by atoms with Crippen molar-refractivity contribution in [2.24, 2.45) is 0 Å². The van der Waals surface area contributed by atoms with Gasteiger partial charge < -0.3 is 0 Å². The molecule has 1 aromatic heterocycles. The number of carbonyl (C=O) groups excluding carboxylic acids is 2. The van der Waals surface area contributed by atoms with Gasteiger partial charge in [0.1, 0.15) is 0 Å². The summed E-state index contributed by atoms with van der Waals surface area (Å²) in [6.07, 6.45) is 0.643. The van der Waals surface area contributed by atoms with Crippen molar-refractivity contribution in [2.45, 2.75) is 38.6 Å². The van der Waals surface area contributed by atoms with Crippen molar-refractivity contribution in [2.75, 3.05) is 13.6 Å². The van der Waals surface area contributed by atoms with Gasteiger partial charge in [0.05, 0.1) is 16.8 Å². The predicted octanol–water partition coefficient (Wildman–Crippen LogP) is 1.51. The molecule has 2 amide bonds. The fraction of sp³-hybridized carbons (Fsp3) is 0.304. The van der Waals surface area contributed by atoms with E-state index in [4.69, 9.17) is 0 Å². The van der Waals surface area contributed by atoms with E-state index in [1.54, 1.807) is 43.3 Å². The topological polar surface area (TPSA) is 130 Å². The van der Waals surface area contributed by atoms with Crippen molar-refractivity contribution < 1.29 is 18.0 Å². The number of nitrogens with zero attached hydrogens (tertiary/aromatic N) is 3. The molecule has 3 rings (SSSR count). The minimum Gasteiger partial charge on any atom is -0.272 e. The third-order valence-corrected chi connectivity index (χ3v) is 7.19. The molecular weight excluding hydrogens is 458 g/mol. The van der Waals surface area contributed by atoms with Crippen LogP contribution < -0.4 is 16.4 Å². The first-order valence-electron chi connectivity index (χ1n) is 10.7. The Hall–Kier alpha value is -3.57. The Balaban J connectivity index is 1.73. The normalized spacial score (nSPS) is 11.6. The second kappa shape index (κ2) is 10.1. The predicted molar refractivity (Wildman–Crippen MR) is 128 cm³/mol. The molecule has 0 aliphatic heterocycles. The van der Waals surface area contributed by atoms with E-state index in [2.05, 4.69) is 16.0 Å². The van der Waals surface area contributed by atoms with Gasteiger partial charge >= 0.3 is 0 Å². The van der Waals surface area contributed by atoms with Crippen molar-refractivity contribution in [3.05, 3.63) is 69.6 Å².